The van der Waals surface area contributed by atoms with Gasteiger partial charge in [0, 0.05) is 6.04 Å². The van der Waals surface area contributed by atoms with Crippen LogP contribution < -0.4 is 5.32 Å². The van der Waals surface area contributed by atoms with Gasteiger partial charge in [0.2, 0.25) is 0 Å². The van der Waals surface area contributed by atoms with Gasteiger partial charge in [-0.15, -0.1) is 0 Å². The highest BCUT2D eigenvalue weighted by molar-refractivity contribution is 5.27. The molecule has 0 saturated heterocycles. The highest BCUT2D eigenvalue weighted by Crippen LogP contribution is 2.49. The summed E-state index contributed by atoms with van der Waals surface area (Å²) in [5.74, 6) is 0.734. The average Bonchev–Trinajstić information content (AvgIpc) is 2.91. The molecule has 1 N–H and O–H groups in total. The van der Waals surface area contributed by atoms with Crippen LogP contribution in [0.5, 0.6) is 0 Å². The molecule has 1 unspecified atom stereocenters. The summed E-state index contributed by atoms with van der Waals surface area (Å²) in [7, 11) is 2.13. The largest absolute Gasteiger partial charge is 0.313 e. The van der Waals surface area contributed by atoms with Gasteiger partial charge in [0.05, 0.1) is 0 Å². The van der Waals surface area contributed by atoms with Crippen molar-refractivity contribution in [3.8, 4) is 0 Å². The number of benzene rings is 1. The fraction of sp³-hybridized carbons (Fsp3) is 0.684. The quantitative estimate of drug-likeness (QED) is 0.759. The van der Waals surface area contributed by atoms with Gasteiger partial charge in [-0.05, 0) is 55.2 Å². The van der Waals surface area contributed by atoms with E-state index in [1.807, 2.05) is 0 Å². The van der Waals surface area contributed by atoms with E-state index in [1.165, 1.54) is 49.7 Å². The molecule has 0 spiro atoms. The van der Waals surface area contributed by atoms with Gasteiger partial charge in [0.25, 0.3) is 0 Å². The Bertz CT molecular complexity index is 398. The molecule has 0 aromatic heterocycles. The van der Waals surface area contributed by atoms with Crippen LogP contribution in [0.15, 0.2) is 24.3 Å². The van der Waals surface area contributed by atoms with Crippen molar-refractivity contribution in [3.63, 3.8) is 0 Å². The third kappa shape index (κ3) is 3.25. The lowest BCUT2D eigenvalue weighted by Crippen LogP contribution is -2.34. The van der Waals surface area contributed by atoms with Gasteiger partial charge in [0.1, 0.15) is 0 Å². The van der Waals surface area contributed by atoms with Crippen molar-refractivity contribution >= 4 is 0 Å². The average molecular weight is 273 g/mol. The fourth-order valence-electron chi connectivity index (χ4n) is 4.07. The predicted octanol–water partition coefficient (Wildman–Crippen LogP) is 5.12. The SMILES string of the molecule is CCC1(C(NC)c2ccc(CC(C)C)cc2)CCCC1. The lowest BCUT2D eigenvalue weighted by Gasteiger charge is -2.37. The van der Waals surface area contributed by atoms with E-state index in [0.717, 1.165) is 5.92 Å². The van der Waals surface area contributed by atoms with Crippen LogP contribution in [0.2, 0.25) is 0 Å². The second-order valence-electron chi connectivity index (χ2n) is 6.98. The topological polar surface area (TPSA) is 12.0 Å². The Morgan fingerprint density at radius 3 is 2.15 bits per heavy atom. The minimum Gasteiger partial charge on any atom is -0.313 e. The third-order valence-electron chi connectivity index (χ3n) is 5.16. The van der Waals surface area contributed by atoms with Crippen LogP contribution in [0, 0.1) is 11.3 Å². The molecule has 0 bridgehead atoms. The maximum Gasteiger partial charge on any atom is 0.0374 e. The van der Waals surface area contributed by atoms with E-state index in [0.29, 0.717) is 11.5 Å². The first-order chi connectivity index (χ1) is 9.61. The van der Waals surface area contributed by atoms with Crippen molar-refractivity contribution in [1.29, 1.82) is 0 Å². The zero-order valence-corrected chi connectivity index (χ0v) is 13.7. The molecule has 1 saturated carbocycles. The maximum absolute atomic E-state index is 3.61. The van der Waals surface area contributed by atoms with Crippen LogP contribution in [-0.2, 0) is 6.42 Å². The van der Waals surface area contributed by atoms with Gasteiger partial charge in [0.15, 0.2) is 0 Å². The van der Waals surface area contributed by atoms with Crippen LogP contribution in [-0.4, -0.2) is 7.05 Å². The van der Waals surface area contributed by atoms with Crippen LogP contribution in [0.4, 0.5) is 0 Å². The second kappa shape index (κ2) is 6.76. The van der Waals surface area contributed by atoms with Crippen molar-refractivity contribution in [2.24, 2.45) is 11.3 Å². The molecule has 0 amide bonds. The van der Waals surface area contributed by atoms with Crippen molar-refractivity contribution < 1.29 is 0 Å². The molecule has 1 heteroatoms. The zero-order valence-electron chi connectivity index (χ0n) is 13.7. The lowest BCUT2D eigenvalue weighted by molar-refractivity contribution is 0.195. The molecule has 1 fully saturated rings. The molecule has 1 nitrogen and oxygen atoms in total. The number of hydrogen-bond acceptors (Lipinski definition) is 1. The van der Waals surface area contributed by atoms with E-state index in [9.17, 15) is 0 Å². The monoisotopic (exact) mass is 273 g/mol. The summed E-state index contributed by atoms with van der Waals surface area (Å²) in [6.45, 7) is 6.94. The Balaban J connectivity index is 2.19. The summed E-state index contributed by atoms with van der Waals surface area (Å²) in [6.07, 6.45) is 8.02. The number of hydrogen-bond donors (Lipinski definition) is 1. The van der Waals surface area contributed by atoms with E-state index < -0.39 is 0 Å². The molecule has 2 rings (SSSR count). The summed E-state index contributed by atoms with van der Waals surface area (Å²) in [5.41, 5.74) is 3.42. The molecule has 1 aliphatic rings. The molecule has 0 radical (unpaired) electrons. The first-order valence-electron chi connectivity index (χ1n) is 8.37. The predicted molar refractivity (Wildman–Crippen MR) is 88.0 cm³/mol. The minimum atomic E-state index is 0.480. The molecule has 20 heavy (non-hydrogen) atoms. The summed E-state index contributed by atoms with van der Waals surface area (Å²) >= 11 is 0. The first-order valence-corrected chi connectivity index (χ1v) is 8.37. The Kier molecular flexibility index (Phi) is 5.26. The van der Waals surface area contributed by atoms with Gasteiger partial charge in [-0.2, -0.15) is 0 Å². The highest BCUT2D eigenvalue weighted by atomic mass is 14.9. The Morgan fingerprint density at radius 2 is 1.70 bits per heavy atom. The van der Waals surface area contributed by atoms with Crippen molar-refractivity contribution in [2.45, 2.75) is 65.3 Å². The Labute approximate surface area is 125 Å². The van der Waals surface area contributed by atoms with Crippen LogP contribution in [0.25, 0.3) is 0 Å². The smallest absolute Gasteiger partial charge is 0.0374 e. The summed E-state index contributed by atoms with van der Waals surface area (Å²) < 4.78 is 0. The van der Waals surface area contributed by atoms with Gasteiger partial charge < -0.3 is 5.32 Å². The summed E-state index contributed by atoms with van der Waals surface area (Å²) in [4.78, 5) is 0. The van der Waals surface area contributed by atoms with Crippen molar-refractivity contribution in [3.05, 3.63) is 35.4 Å². The first kappa shape index (κ1) is 15.6. The van der Waals surface area contributed by atoms with E-state index >= 15 is 0 Å². The Morgan fingerprint density at radius 1 is 1.10 bits per heavy atom. The molecule has 1 aromatic rings. The van der Waals surface area contributed by atoms with E-state index in [-0.39, 0.29) is 0 Å². The Hall–Kier alpha value is -0.820. The lowest BCUT2D eigenvalue weighted by atomic mass is 9.73. The van der Waals surface area contributed by atoms with E-state index in [2.05, 4.69) is 57.4 Å². The van der Waals surface area contributed by atoms with Crippen LogP contribution in [0.1, 0.15) is 70.0 Å². The normalized spacial score (nSPS) is 19.4. The summed E-state index contributed by atoms with van der Waals surface area (Å²) in [6, 6.07) is 9.89. The van der Waals surface area contributed by atoms with Crippen LogP contribution >= 0.6 is 0 Å². The summed E-state index contributed by atoms with van der Waals surface area (Å²) in [5, 5.41) is 3.61. The van der Waals surface area contributed by atoms with Gasteiger partial charge in [-0.3, -0.25) is 0 Å². The highest BCUT2D eigenvalue weighted by Gasteiger charge is 2.39. The standard InChI is InChI=1S/C19H31N/c1-5-19(12-6-7-13-19)18(20-4)17-10-8-16(9-11-17)14-15(2)3/h8-11,15,18,20H,5-7,12-14H2,1-4H3. The number of rotatable bonds is 6. The number of nitrogens with one attached hydrogen (secondary N) is 1. The third-order valence-corrected chi connectivity index (χ3v) is 5.16. The molecular weight excluding hydrogens is 242 g/mol. The molecule has 1 atom stereocenters. The minimum absolute atomic E-state index is 0.480. The van der Waals surface area contributed by atoms with Gasteiger partial charge in [-0.25, -0.2) is 0 Å². The zero-order chi connectivity index (χ0) is 14.6. The molecule has 0 aliphatic heterocycles. The molecule has 1 aliphatic carbocycles. The molecule has 0 heterocycles. The van der Waals surface area contributed by atoms with Gasteiger partial charge >= 0.3 is 0 Å². The maximum atomic E-state index is 3.61. The molecule has 112 valence electrons. The van der Waals surface area contributed by atoms with E-state index in [1.54, 1.807) is 0 Å². The molecular formula is C19H31N. The van der Waals surface area contributed by atoms with Gasteiger partial charge in [-0.1, -0.05) is 57.9 Å². The van der Waals surface area contributed by atoms with E-state index in [4.69, 9.17) is 0 Å². The van der Waals surface area contributed by atoms with Crippen LogP contribution in [0.3, 0.4) is 0 Å². The van der Waals surface area contributed by atoms with Crippen molar-refractivity contribution in [1.82, 2.24) is 5.32 Å². The molecule has 1 aromatic carbocycles. The fourth-order valence-corrected chi connectivity index (χ4v) is 4.07. The van der Waals surface area contributed by atoms with Crippen molar-refractivity contribution in [2.75, 3.05) is 7.05 Å². The second-order valence-corrected chi connectivity index (χ2v) is 6.98.